The molecule has 1 aromatic rings. The van der Waals surface area contributed by atoms with Gasteiger partial charge in [-0.2, -0.15) is 0 Å². The predicted molar refractivity (Wildman–Crippen MR) is 45.2 cm³/mol. The Morgan fingerprint density at radius 2 is 1.82 bits per heavy atom. The fourth-order valence-electron chi connectivity index (χ4n) is 0.915. The van der Waals surface area contributed by atoms with Crippen LogP contribution in [0.3, 0.4) is 0 Å². The van der Waals surface area contributed by atoms with Crippen molar-refractivity contribution in [2.45, 2.75) is 13.2 Å². The molecule has 0 bridgehead atoms. The Balaban J connectivity index is 2.81. The second-order valence-corrected chi connectivity index (χ2v) is 2.60. The van der Waals surface area contributed by atoms with Gasteiger partial charge in [-0.05, 0) is 19.5 Å². The van der Waals surface area contributed by atoms with E-state index in [1.165, 1.54) is 5.56 Å². The lowest BCUT2D eigenvalue weighted by Crippen LogP contribution is -2.14. The summed E-state index contributed by atoms with van der Waals surface area (Å²) in [6.07, 6.45) is -0.546. The third-order valence-electron chi connectivity index (χ3n) is 1.67. The van der Waals surface area contributed by atoms with Gasteiger partial charge >= 0.3 is 0 Å². The zero-order valence-corrected chi connectivity index (χ0v) is 6.83. The van der Waals surface area contributed by atoms with Crippen molar-refractivity contribution in [3.8, 4) is 0 Å². The molecule has 11 heavy (non-hydrogen) atoms. The van der Waals surface area contributed by atoms with Crippen molar-refractivity contribution < 1.29 is 5.11 Å². The largest absolute Gasteiger partial charge is 0.374 e. The van der Waals surface area contributed by atoms with Gasteiger partial charge in [0.1, 0.15) is 6.23 Å². The first-order valence-corrected chi connectivity index (χ1v) is 3.66. The lowest BCUT2D eigenvalue weighted by Gasteiger charge is -2.08. The van der Waals surface area contributed by atoms with E-state index in [0.29, 0.717) is 0 Å². The van der Waals surface area contributed by atoms with Crippen LogP contribution < -0.4 is 5.32 Å². The van der Waals surface area contributed by atoms with Crippen LogP contribution in [0.25, 0.3) is 0 Å². The molecule has 0 aliphatic rings. The van der Waals surface area contributed by atoms with Gasteiger partial charge in [0.15, 0.2) is 0 Å². The van der Waals surface area contributed by atoms with Crippen molar-refractivity contribution in [3.05, 3.63) is 35.4 Å². The quantitative estimate of drug-likeness (QED) is 0.622. The standard InChI is InChI=1S/C9H13NO/c1-7-3-5-8(6-4-7)9(11)10-2/h3-6,9-11H,1-2H3. The van der Waals surface area contributed by atoms with Gasteiger partial charge in [0.05, 0.1) is 0 Å². The molecule has 0 aliphatic heterocycles. The third kappa shape index (κ3) is 2.03. The Morgan fingerprint density at radius 1 is 1.27 bits per heavy atom. The molecule has 0 radical (unpaired) electrons. The summed E-state index contributed by atoms with van der Waals surface area (Å²) in [7, 11) is 1.73. The zero-order valence-electron chi connectivity index (χ0n) is 6.83. The van der Waals surface area contributed by atoms with E-state index in [1.54, 1.807) is 7.05 Å². The Kier molecular flexibility index (Phi) is 2.63. The fraction of sp³-hybridized carbons (Fsp3) is 0.333. The molecule has 0 spiro atoms. The first-order valence-electron chi connectivity index (χ1n) is 3.66. The van der Waals surface area contributed by atoms with Crippen LogP contribution in [0.5, 0.6) is 0 Å². The van der Waals surface area contributed by atoms with E-state index in [1.807, 2.05) is 31.2 Å². The van der Waals surface area contributed by atoms with E-state index < -0.39 is 6.23 Å². The summed E-state index contributed by atoms with van der Waals surface area (Å²) in [5, 5.41) is 12.1. The van der Waals surface area contributed by atoms with Gasteiger partial charge in [0, 0.05) is 0 Å². The summed E-state index contributed by atoms with van der Waals surface area (Å²) in [6, 6.07) is 7.79. The number of rotatable bonds is 2. The Hall–Kier alpha value is -0.860. The fourth-order valence-corrected chi connectivity index (χ4v) is 0.915. The van der Waals surface area contributed by atoms with Gasteiger partial charge in [0.25, 0.3) is 0 Å². The minimum Gasteiger partial charge on any atom is -0.374 e. The second kappa shape index (κ2) is 3.51. The van der Waals surface area contributed by atoms with Gasteiger partial charge in [-0.1, -0.05) is 29.8 Å². The van der Waals surface area contributed by atoms with Crippen LogP contribution >= 0.6 is 0 Å². The average Bonchev–Trinajstić information content (AvgIpc) is 2.05. The van der Waals surface area contributed by atoms with Gasteiger partial charge in [-0.25, -0.2) is 0 Å². The number of hydrogen-bond donors (Lipinski definition) is 2. The highest BCUT2D eigenvalue weighted by Gasteiger charge is 2.01. The predicted octanol–water partition coefficient (Wildman–Crippen LogP) is 1.21. The highest BCUT2D eigenvalue weighted by molar-refractivity contribution is 5.22. The molecule has 0 aliphatic carbocycles. The van der Waals surface area contributed by atoms with Gasteiger partial charge in [-0.3, -0.25) is 5.32 Å². The molecule has 0 aromatic heterocycles. The number of nitrogens with one attached hydrogen (secondary N) is 1. The summed E-state index contributed by atoms with van der Waals surface area (Å²) >= 11 is 0. The number of benzene rings is 1. The highest BCUT2D eigenvalue weighted by Crippen LogP contribution is 2.09. The molecule has 2 N–H and O–H groups in total. The van der Waals surface area contributed by atoms with Crippen LogP contribution in [0.1, 0.15) is 17.4 Å². The molecule has 0 saturated carbocycles. The summed E-state index contributed by atoms with van der Waals surface area (Å²) in [4.78, 5) is 0. The molecule has 0 saturated heterocycles. The Bertz CT molecular complexity index is 218. The Labute approximate surface area is 66.9 Å². The van der Waals surface area contributed by atoms with Crippen molar-refractivity contribution in [2.24, 2.45) is 0 Å². The zero-order chi connectivity index (χ0) is 8.27. The molecule has 1 unspecified atom stereocenters. The molecule has 2 heteroatoms. The van der Waals surface area contributed by atoms with Crippen LogP contribution in [-0.4, -0.2) is 12.2 Å². The molecule has 0 heterocycles. The molecule has 60 valence electrons. The molecular formula is C9H13NO. The van der Waals surface area contributed by atoms with Crippen molar-refractivity contribution in [2.75, 3.05) is 7.05 Å². The van der Waals surface area contributed by atoms with Crippen molar-refractivity contribution in [1.82, 2.24) is 5.32 Å². The molecular weight excluding hydrogens is 138 g/mol. The first-order chi connectivity index (χ1) is 5.24. The molecule has 0 fully saturated rings. The number of hydrogen-bond acceptors (Lipinski definition) is 2. The monoisotopic (exact) mass is 151 g/mol. The molecule has 1 aromatic carbocycles. The van der Waals surface area contributed by atoms with Crippen LogP contribution in [0, 0.1) is 6.92 Å². The average molecular weight is 151 g/mol. The minimum absolute atomic E-state index is 0.546. The molecule has 1 atom stereocenters. The van der Waals surface area contributed by atoms with E-state index in [-0.39, 0.29) is 0 Å². The van der Waals surface area contributed by atoms with E-state index >= 15 is 0 Å². The maximum absolute atomic E-state index is 9.31. The van der Waals surface area contributed by atoms with Crippen LogP contribution in [-0.2, 0) is 0 Å². The van der Waals surface area contributed by atoms with Crippen molar-refractivity contribution in [3.63, 3.8) is 0 Å². The topological polar surface area (TPSA) is 32.3 Å². The smallest absolute Gasteiger partial charge is 0.130 e. The summed E-state index contributed by atoms with van der Waals surface area (Å²) < 4.78 is 0. The SMILES string of the molecule is CNC(O)c1ccc(C)cc1. The van der Waals surface area contributed by atoms with E-state index in [9.17, 15) is 5.11 Å². The maximum Gasteiger partial charge on any atom is 0.130 e. The van der Waals surface area contributed by atoms with Crippen LogP contribution in [0.4, 0.5) is 0 Å². The van der Waals surface area contributed by atoms with Gasteiger partial charge in [0.2, 0.25) is 0 Å². The second-order valence-electron chi connectivity index (χ2n) is 2.60. The molecule has 1 rings (SSSR count). The lowest BCUT2D eigenvalue weighted by atomic mass is 10.1. The van der Waals surface area contributed by atoms with Gasteiger partial charge < -0.3 is 5.11 Å². The highest BCUT2D eigenvalue weighted by atomic mass is 16.3. The maximum atomic E-state index is 9.31. The third-order valence-corrected chi connectivity index (χ3v) is 1.67. The van der Waals surface area contributed by atoms with E-state index in [0.717, 1.165) is 5.56 Å². The molecule has 0 amide bonds. The van der Waals surface area contributed by atoms with E-state index in [2.05, 4.69) is 5.32 Å². The lowest BCUT2D eigenvalue weighted by molar-refractivity contribution is 0.149. The summed E-state index contributed by atoms with van der Waals surface area (Å²) in [5.41, 5.74) is 2.11. The normalized spacial score (nSPS) is 13.0. The number of aryl methyl sites for hydroxylation is 1. The van der Waals surface area contributed by atoms with Crippen molar-refractivity contribution in [1.29, 1.82) is 0 Å². The van der Waals surface area contributed by atoms with Gasteiger partial charge in [-0.15, -0.1) is 0 Å². The van der Waals surface area contributed by atoms with Crippen molar-refractivity contribution >= 4 is 0 Å². The molecule has 2 nitrogen and oxygen atoms in total. The minimum atomic E-state index is -0.546. The first kappa shape index (κ1) is 8.24. The number of aliphatic hydroxyl groups is 1. The number of aliphatic hydroxyl groups excluding tert-OH is 1. The van der Waals surface area contributed by atoms with Crippen LogP contribution in [0.2, 0.25) is 0 Å². The summed E-state index contributed by atoms with van der Waals surface area (Å²) in [5.74, 6) is 0. The van der Waals surface area contributed by atoms with E-state index in [4.69, 9.17) is 0 Å². The Morgan fingerprint density at radius 3 is 2.27 bits per heavy atom. The van der Waals surface area contributed by atoms with Crippen LogP contribution in [0.15, 0.2) is 24.3 Å². The summed E-state index contributed by atoms with van der Waals surface area (Å²) in [6.45, 7) is 2.02.